The lowest BCUT2D eigenvalue weighted by molar-refractivity contribution is -0.161. The highest BCUT2D eigenvalue weighted by Crippen LogP contribution is 2.43. The molecule has 2 N–H and O–H groups in total. The van der Waals surface area contributed by atoms with Crippen molar-refractivity contribution in [1.29, 1.82) is 0 Å². The quantitative estimate of drug-likeness (QED) is 0.813. The van der Waals surface area contributed by atoms with Crippen LogP contribution in [0.25, 0.3) is 0 Å². The molecule has 0 saturated carbocycles. The summed E-state index contributed by atoms with van der Waals surface area (Å²) in [5.74, 6) is -0.0315. The number of benzene rings is 1. The summed E-state index contributed by atoms with van der Waals surface area (Å²) in [7, 11) is 0. The normalized spacial score (nSPS) is 27.3. The number of phenolic OH excluding ortho intramolecular Hbond substituents is 1. The Morgan fingerprint density at radius 2 is 1.92 bits per heavy atom. The van der Waals surface area contributed by atoms with E-state index >= 15 is 0 Å². The first-order chi connectivity index (χ1) is 12.0. The summed E-state index contributed by atoms with van der Waals surface area (Å²) in [6, 6.07) is 2.69. The number of fused-ring (bicyclic) bond motifs is 1. The fourth-order valence-corrected chi connectivity index (χ4v) is 4.49. The maximum absolute atomic E-state index is 12.9. The second-order valence-corrected chi connectivity index (χ2v) is 7.68. The van der Waals surface area contributed by atoms with Gasteiger partial charge in [0.15, 0.2) is 0 Å². The van der Waals surface area contributed by atoms with Gasteiger partial charge in [0.25, 0.3) is 0 Å². The van der Waals surface area contributed by atoms with Gasteiger partial charge in [-0.25, -0.2) is 0 Å². The molecule has 4 rings (SSSR count). The minimum atomic E-state index is -0.491. The Bertz CT molecular complexity index is 738. The van der Waals surface area contributed by atoms with Crippen LogP contribution in [-0.4, -0.2) is 65.0 Å². The summed E-state index contributed by atoms with van der Waals surface area (Å²) in [6.45, 7) is 2.11. The van der Waals surface area contributed by atoms with Crippen LogP contribution >= 0.6 is 23.2 Å². The molecular weight excluding hydrogens is 365 g/mol. The van der Waals surface area contributed by atoms with Crippen molar-refractivity contribution in [3.63, 3.8) is 0 Å². The highest BCUT2D eigenvalue weighted by Gasteiger charge is 2.46. The molecule has 0 radical (unpaired) electrons. The number of carbonyl (C=O) groups excluding carboxylic acids is 2. The van der Waals surface area contributed by atoms with Crippen LogP contribution in [0.1, 0.15) is 24.3 Å². The number of hydrogen-bond donors (Lipinski definition) is 2. The van der Waals surface area contributed by atoms with Gasteiger partial charge in [-0.15, -0.1) is 0 Å². The van der Waals surface area contributed by atoms with Crippen LogP contribution in [0.4, 0.5) is 0 Å². The van der Waals surface area contributed by atoms with Gasteiger partial charge in [-0.1, -0.05) is 23.2 Å². The van der Waals surface area contributed by atoms with E-state index in [1.54, 1.807) is 15.9 Å². The third-order valence-corrected chi connectivity index (χ3v) is 6.33. The molecule has 6 nitrogen and oxygen atoms in total. The summed E-state index contributed by atoms with van der Waals surface area (Å²) in [5.41, 5.74) is 0.580. The minimum Gasteiger partial charge on any atom is -0.508 e. The van der Waals surface area contributed by atoms with E-state index in [0.29, 0.717) is 35.0 Å². The maximum Gasteiger partial charge on any atom is 0.246 e. The van der Waals surface area contributed by atoms with Gasteiger partial charge in [0, 0.05) is 25.2 Å². The smallest absolute Gasteiger partial charge is 0.246 e. The summed E-state index contributed by atoms with van der Waals surface area (Å²) in [5, 5.41) is 14.1. The fourth-order valence-electron chi connectivity index (χ4n) is 4.01. The van der Waals surface area contributed by atoms with Gasteiger partial charge in [-0.05, 0) is 30.9 Å². The number of piperidine rings is 1. The molecule has 3 aliphatic heterocycles. The van der Waals surface area contributed by atoms with Gasteiger partial charge in [-0.2, -0.15) is 0 Å². The summed E-state index contributed by atoms with van der Waals surface area (Å²) in [6.07, 6.45) is 1.10. The summed E-state index contributed by atoms with van der Waals surface area (Å²) < 4.78 is 0. The Labute approximate surface area is 155 Å². The number of phenols is 1. The zero-order valence-electron chi connectivity index (χ0n) is 13.5. The highest BCUT2D eigenvalue weighted by atomic mass is 35.5. The Hall–Kier alpha value is -1.50. The van der Waals surface area contributed by atoms with E-state index in [9.17, 15) is 14.7 Å². The zero-order chi connectivity index (χ0) is 17.7. The average Bonchev–Trinajstić information content (AvgIpc) is 2.54. The first kappa shape index (κ1) is 16.9. The molecule has 1 aromatic carbocycles. The van der Waals surface area contributed by atoms with Gasteiger partial charge >= 0.3 is 0 Å². The van der Waals surface area contributed by atoms with Crippen LogP contribution in [0.5, 0.6) is 5.75 Å². The highest BCUT2D eigenvalue weighted by molar-refractivity contribution is 6.42. The van der Waals surface area contributed by atoms with Crippen LogP contribution in [-0.2, 0) is 9.59 Å². The van der Waals surface area contributed by atoms with E-state index in [-0.39, 0.29) is 36.1 Å². The Morgan fingerprint density at radius 3 is 2.60 bits per heavy atom. The molecule has 2 amide bonds. The number of halogens is 2. The number of nitrogens with zero attached hydrogens (tertiary/aromatic N) is 2. The van der Waals surface area contributed by atoms with Gasteiger partial charge in [0.1, 0.15) is 18.3 Å². The SMILES string of the molecule is O=C1C2C[C@@H](c3c(O)ccc(Cl)c3Cl)CCN2C(=O)CN1C1CNC1. The molecular formula is C17H19Cl2N3O3. The standard InChI is InChI=1S/C17H19Cl2N3O3/c18-11-1-2-13(23)15(16(11)19)9-3-4-21-12(5-9)17(25)22(8-14(21)24)10-6-20-7-10/h1-2,9-10,12,20,23H,3-8H2/t9-,12?/m0/s1. The van der Waals surface area contributed by atoms with E-state index in [1.807, 2.05) is 0 Å². The van der Waals surface area contributed by atoms with E-state index < -0.39 is 6.04 Å². The lowest BCUT2D eigenvalue weighted by atomic mass is 9.83. The molecule has 0 spiro atoms. The summed E-state index contributed by atoms with van der Waals surface area (Å²) >= 11 is 12.4. The predicted octanol–water partition coefficient (Wildman–Crippen LogP) is 1.59. The van der Waals surface area contributed by atoms with E-state index in [1.165, 1.54) is 6.07 Å². The minimum absolute atomic E-state index is 0.00337. The number of aromatic hydroxyl groups is 1. The van der Waals surface area contributed by atoms with Crippen molar-refractivity contribution in [1.82, 2.24) is 15.1 Å². The van der Waals surface area contributed by atoms with Crippen molar-refractivity contribution in [3.05, 3.63) is 27.7 Å². The fraction of sp³-hybridized carbons (Fsp3) is 0.529. The van der Waals surface area contributed by atoms with E-state index in [0.717, 1.165) is 13.1 Å². The second kappa shape index (κ2) is 6.34. The Kier molecular flexibility index (Phi) is 4.30. The first-order valence-corrected chi connectivity index (χ1v) is 9.20. The second-order valence-electron chi connectivity index (χ2n) is 6.90. The number of piperazine rings is 1. The lowest BCUT2D eigenvalue weighted by Crippen LogP contribution is -2.69. The molecule has 3 heterocycles. The molecule has 1 unspecified atom stereocenters. The van der Waals surface area contributed by atoms with Crippen molar-refractivity contribution >= 4 is 35.0 Å². The number of amides is 2. The van der Waals surface area contributed by atoms with Crippen LogP contribution in [0, 0.1) is 0 Å². The number of rotatable bonds is 2. The topological polar surface area (TPSA) is 72.9 Å². The van der Waals surface area contributed by atoms with Crippen LogP contribution in [0.2, 0.25) is 10.0 Å². The third-order valence-electron chi connectivity index (χ3n) is 5.52. The van der Waals surface area contributed by atoms with Gasteiger partial charge in [-0.3, -0.25) is 9.59 Å². The molecule has 25 heavy (non-hydrogen) atoms. The van der Waals surface area contributed by atoms with Crippen LogP contribution in [0.3, 0.4) is 0 Å². The van der Waals surface area contributed by atoms with Crippen molar-refractivity contribution < 1.29 is 14.7 Å². The number of carbonyl (C=O) groups is 2. The number of hydrogen-bond acceptors (Lipinski definition) is 4. The molecule has 0 bridgehead atoms. The average molecular weight is 384 g/mol. The maximum atomic E-state index is 12.9. The molecule has 0 aliphatic carbocycles. The van der Waals surface area contributed by atoms with Crippen molar-refractivity contribution in [2.45, 2.75) is 30.8 Å². The van der Waals surface area contributed by atoms with Crippen molar-refractivity contribution in [3.8, 4) is 5.75 Å². The van der Waals surface area contributed by atoms with Crippen LogP contribution < -0.4 is 5.32 Å². The lowest BCUT2D eigenvalue weighted by Gasteiger charge is -2.49. The number of nitrogens with one attached hydrogen (secondary N) is 1. The monoisotopic (exact) mass is 383 g/mol. The first-order valence-electron chi connectivity index (χ1n) is 8.45. The molecule has 3 fully saturated rings. The zero-order valence-corrected chi connectivity index (χ0v) is 15.1. The predicted molar refractivity (Wildman–Crippen MR) is 94.0 cm³/mol. The largest absolute Gasteiger partial charge is 0.508 e. The van der Waals surface area contributed by atoms with E-state index in [4.69, 9.17) is 23.2 Å². The van der Waals surface area contributed by atoms with Gasteiger partial charge < -0.3 is 20.2 Å². The van der Waals surface area contributed by atoms with Gasteiger partial charge in [0.2, 0.25) is 11.8 Å². The van der Waals surface area contributed by atoms with E-state index in [2.05, 4.69) is 5.32 Å². The van der Waals surface area contributed by atoms with Gasteiger partial charge in [0.05, 0.1) is 16.1 Å². The molecule has 2 atom stereocenters. The molecule has 1 aromatic rings. The third kappa shape index (κ3) is 2.76. The van der Waals surface area contributed by atoms with Crippen molar-refractivity contribution in [2.24, 2.45) is 0 Å². The molecule has 3 aliphatic rings. The molecule has 8 heteroatoms. The molecule has 3 saturated heterocycles. The Morgan fingerprint density at radius 1 is 1.16 bits per heavy atom. The molecule has 0 aromatic heterocycles. The Balaban J connectivity index is 1.61. The summed E-state index contributed by atoms with van der Waals surface area (Å²) in [4.78, 5) is 28.8. The molecule has 134 valence electrons. The van der Waals surface area contributed by atoms with Crippen LogP contribution in [0.15, 0.2) is 12.1 Å². The van der Waals surface area contributed by atoms with Crippen molar-refractivity contribution in [2.75, 3.05) is 26.2 Å².